The van der Waals surface area contributed by atoms with Crippen LogP contribution in [0.3, 0.4) is 0 Å². The molecule has 4 aromatic rings. The minimum atomic E-state index is -0.317. The van der Waals surface area contributed by atoms with Crippen LogP contribution in [-0.2, 0) is 17.8 Å². The summed E-state index contributed by atoms with van der Waals surface area (Å²) in [5.41, 5.74) is 1.21. The maximum Gasteiger partial charge on any atom is 0.350 e. The van der Waals surface area contributed by atoms with Gasteiger partial charge in [-0.15, -0.1) is 27.8 Å². The summed E-state index contributed by atoms with van der Waals surface area (Å²) in [7, 11) is 0. The van der Waals surface area contributed by atoms with Crippen LogP contribution in [0.15, 0.2) is 46.7 Å². The van der Waals surface area contributed by atoms with Crippen LogP contribution in [0.25, 0.3) is 16.2 Å². The van der Waals surface area contributed by atoms with Gasteiger partial charge in [-0.25, -0.2) is 14.5 Å². The van der Waals surface area contributed by atoms with Crippen molar-refractivity contribution in [2.45, 2.75) is 19.9 Å². The molecular weight excluding hydrogens is 382 g/mol. The second-order valence-electron chi connectivity index (χ2n) is 5.99. The Morgan fingerprint density at radius 3 is 2.93 bits per heavy atom. The topological polar surface area (TPSA) is 81.3 Å². The van der Waals surface area contributed by atoms with Crippen LogP contribution in [0.2, 0.25) is 0 Å². The molecule has 7 nitrogen and oxygen atoms in total. The summed E-state index contributed by atoms with van der Waals surface area (Å²) < 4.78 is 2.60. The molecule has 9 heteroatoms. The van der Waals surface area contributed by atoms with E-state index >= 15 is 0 Å². The lowest BCUT2D eigenvalue weighted by Crippen LogP contribution is -2.33. The third-order valence-corrected chi connectivity index (χ3v) is 5.95. The molecule has 0 aliphatic rings. The Hall–Kier alpha value is -2.78. The maximum absolute atomic E-state index is 12.2. The van der Waals surface area contributed by atoms with Gasteiger partial charge in [0.1, 0.15) is 6.54 Å². The fourth-order valence-corrected chi connectivity index (χ4v) is 4.37. The zero-order chi connectivity index (χ0) is 18.8. The number of hydrogen-bond donors (Lipinski definition) is 1. The van der Waals surface area contributed by atoms with Gasteiger partial charge in [-0.3, -0.25) is 9.20 Å². The Morgan fingerprint density at radius 2 is 2.15 bits per heavy atom. The number of nitrogens with zero attached hydrogens (tertiary/aromatic N) is 4. The van der Waals surface area contributed by atoms with Crippen LogP contribution >= 0.6 is 22.7 Å². The summed E-state index contributed by atoms with van der Waals surface area (Å²) in [5, 5.41) is 10.1. The highest BCUT2D eigenvalue weighted by Gasteiger charge is 2.11. The number of nitrogens with one attached hydrogen (secondary N) is 1. The standard InChI is InChI=1S/C18H17N5O2S2/c1-12-20-14(11-26-12)15-6-5-13(27-15)7-8-19-17(24)10-23-18(25)22-9-3-2-4-16(22)21-23/h2-6,9,11H,7-8,10H2,1H3,(H,19,24). The normalized spacial score (nSPS) is 11.1. The molecule has 0 spiro atoms. The van der Waals surface area contributed by atoms with Crippen molar-refractivity contribution in [1.29, 1.82) is 0 Å². The lowest BCUT2D eigenvalue weighted by atomic mass is 10.3. The zero-order valence-corrected chi connectivity index (χ0v) is 16.2. The van der Waals surface area contributed by atoms with Crippen molar-refractivity contribution >= 4 is 34.2 Å². The molecule has 0 saturated heterocycles. The van der Waals surface area contributed by atoms with Crippen molar-refractivity contribution in [3.05, 3.63) is 62.3 Å². The van der Waals surface area contributed by atoms with Gasteiger partial charge in [0.2, 0.25) is 5.91 Å². The smallest absolute Gasteiger partial charge is 0.350 e. The number of aromatic nitrogens is 4. The molecule has 0 unspecified atom stereocenters. The molecule has 0 atom stereocenters. The minimum Gasteiger partial charge on any atom is -0.354 e. The van der Waals surface area contributed by atoms with Gasteiger partial charge in [-0.1, -0.05) is 6.07 Å². The molecule has 27 heavy (non-hydrogen) atoms. The summed E-state index contributed by atoms with van der Waals surface area (Å²) >= 11 is 3.32. The zero-order valence-electron chi connectivity index (χ0n) is 14.6. The monoisotopic (exact) mass is 399 g/mol. The van der Waals surface area contributed by atoms with Crippen LogP contribution < -0.4 is 11.0 Å². The Kier molecular flexibility index (Phi) is 4.87. The molecule has 0 aromatic carbocycles. The van der Waals surface area contributed by atoms with E-state index in [1.54, 1.807) is 47.1 Å². The van der Waals surface area contributed by atoms with Crippen molar-refractivity contribution in [1.82, 2.24) is 24.5 Å². The summed E-state index contributed by atoms with van der Waals surface area (Å²) in [6, 6.07) is 9.41. The predicted molar refractivity (Wildman–Crippen MR) is 106 cm³/mol. The van der Waals surface area contributed by atoms with E-state index in [-0.39, 0.29) is 18.1 Å². The fraction of sp³-hybridized carbons (Fsp3) is 0.222. The molecular formula is C18H17N5O2S2. The molecule has 0 saturated carbocycles. The molecule has 0 fully saturated rings. The van der Waals surface area contributed by atoms with Crippen molar-refractivity contribution in [2.24, 2.45) is 0 Å². The number of carbonyl (C=O) groups is 1. The largest absolute Gasteiger partial charge is 0.354 e. The van der Waals surface area contributed by atoms with E-state index in [0.29, 0.717) is 12.2 Å². The Morgan fingerprint density at radius 1 is 1.26 bits per heavy atom. The number of thiophene rings is 1. The molecule has 4 heterocycles. The van der Waals surface area contributed by atoms with Crippen molar-refractivity contribution < 1.29 is 4.79 Å². The van der Waals surface area contributed by atoms with Gasteiger partial charge < -0.3 is 5.32 Å². The number of amides is 1. The second kappa shape index (κ2) is 7.45. The van der Waals surface area contributed by atoms with Crippen molar-refractivity contribution in [3.63, 3.8) is 0 Å². The Balaban J connectivity index is 1.32. The van der Waals surface area contributed by atoms with Crippen LogP contribution in [0.5, 0.6) is 0 Å². The van der Waals surface area contributed by atoms with E-state index in [2.05, 4.69) is 32.9 Å². The highest BCUT2D eigenvalue weighted by atomic mass is 32.1. The number of carbonyl (C=O) groups excluding carboxylic acids is 1. The number of pyridine rings is 1. The number of fused-ring (bicyclic) bond motifs is 1. The van der Waals surface area contributed by atoms with Gasteiger partial charge in [0.25, 0.3) is 0 Å². The van der Waals surface area contributed by atoms with E-state index in [9.17, 15) is 9.59 Å². The van der Waals surface area contributed by atoms with Crippen molar-refractivity contribution in [3.8, 4) is 10.6 Å². The Labute approximate surface area is 162 Å². The Bertz CT molecular complexity index is 1150. The van der Waals surface area contributed by atoms with Gasteiger partial charge in [0.15, 0.2) is 5.65 Å². The van der Waals surface area contributed by atoms with Gasteiger partial charge in [-0.05, 0) is 37.6 Å². The third-order valence-electron chi connectivity index (χ3n) is 4.01. The molecule has 0 aliphatic heterocycles. The molecule has 4 rings (SSSR count). The van der Waals surface area contributed by atoms with Gasteiger partial charge in [-0.2, -0.15) is 0 Å². The first-order valence-corrected chi connectivity index (χ1v) is 10.1. The van der Waals surface area contributed by atoms with Crippen LogP contribution in [0, 0.1) is 6.92 Å². The minimum absolute atomic E-state index is 0.0890. The number of aryl methyl sites for hydroxylation is 1. The van der Waals surface area contributed by atoms with Crippen LogP contribution in [0.1, 0.15) is 9.88 Å². The van der Waals surface area contributed by atoms with E-state index in [1.165, 1.54) is 14.0 Å². The first kappa shape index (κ1) is 17.6. The van der Waals surface area contributed by atoms with E-state index in [1.807, 2.05) is 6.92 Å². The highest BCUT2D eigenvalue weighted by Crippen LogP contribution is 2.29. The quantitative estimate of drug-likeness (QED) is 0.540. The second-order valence-corrected chi connectivity index (χ2v) is 8.22. The summed E-state index contributed by atoms with van der Waals surface area (Å²) in [4.78, 5) is 31.1. The molecule has 0 bridgehead atoms. The molecule has 0 aliphatic carbocycles. The molecule has 138 valence electrons. The summed E-state index contributed by atoms with van der Waals surface area (Å²) in [6.45, 7) is 2.41. The van der Waals surface area contributed by atoms with Gasteiger partial charge >= 0.3 is 5.69 Å². The van der Waals surface area contributed by atoms with Crippen molar-refractivity contribution in [2.75, 3.05) is 6.54 Å². The average Bonchev–Trinajstić information content (AvgIpc) is 3.36. The van der Waals surface area contributed by atoms with E-state index in [0.717, 1.165) is 22.0 Å². The predicted octanol–water partition coefficient (Wildman–Crippen LogP) is 2.35. The maximum atomic E-state index is 12.2. The molecule has 4 aromatic heterocycles. The molecule has 1 amide bonds. The van der Waals surface area contributed by atoms with E-state index in [4.69, 9.17) is 0 Å². The van der Waals surface area contributed by atoms with E-state index < -0.39 is 0 Å². The fourth-order valence-electron chi connectivity index (χ4n) is 2.71. The van der Waals surface area contributed by atoms with Crippen LogP contribution in [0.4, 0.5) is 0 Å². The number of hydrogen-bond acceptors (Lipinski definition) is 6. The van der Waals surface area contributed by atoms with Gasteiger partial charge in [0.05, 0.1) is 15.6 Å². The number of thiazole rings is 1. The summed E-state index contributed by atoms with van der Waals surface area (Å²) in [5.74, 6) is -0.229. The summed E-state index contributed by atoms with van der Waals surface area (Å²) in [6.07, 6.45) is 2.37. The van der Waals surface area contributed by atoms with Crippen LogP contribution in [-0.4, -0.2) is 31.6 Å². The molecule has 1 N–H and O–H groups in total. The first-order valence-electron chi connectivity index (χ1n) is 8.42. The SMILES string of the molecule is Cc1nc(-c2ccc(CCNC(=O)Cn3nc4ccccn4c3=O)s2)cs1. The van der Waals surface area contributed by atoms with Gasteiger partial charge in [0, 0.05) is 23.0 Å². The highest BCUT2D eigenvalue weighted by molar-refractivity contribution is 7.16. The third kappa shape index (κ3) is 3.83. The lowest BCUT2D eigenvalue weighted by molar-refractivity contribution is -0.121. The average molecular weight is 400 g/mol. The number of rotatable bonds is 6. The molecule has 0 radical (unpaired) electrons. The lowest BCUT2D eigenvalue weighted by Gasteiger charge is -2.03. The first-order chi connectivity index (χ1) is 13.1.